The van der Waals surface area contributed by atoms with E-state index < -0.39 is 0 Å². The van der Waals surface area contributed by atoms with Gasteiger partial charge in [-0.15, -0.1) is 0 Å². The average molecular weight is 393 g/mol. The van der Waals surface area contributed by atoms with Gasteiger partial charge in [-0.1, -0.05) is 50.1 Å². The maximum absolute atomic E-state index is 12.6. The van der Waals surface area contributed by atoms with Crippen LogP contribution in [0.4, 0.5) is 5.82 Å². The molecule has 0 bridgehead atoms. The smallest absolute Gasteiger partial charge is 0.225 e. The molecule has 2 heterocycles. The lowest BCUT2D eigenvalue weighted by atomic mass is 9.84. The second-order valence-electron chi connectivity index (χ2n) is 8.83. The summed E-state index contributed by atoms with van der Waals surface area (Å²) in [5.74, 6) is 2.82. The fraction of sp³-hybridized carbons (Fsp3) is 0.542. The Morgan fingerprint density at radius 1 is 1.00 bits per heavy atom. The SMILES string of the molecule is Cc1ccc(-c2nc(C)c(C(C)C)c(N3CCN(C(=O)C4CCC4)CC3)n2)cc1. The molecule has 4 rings (SSSR count). The quantitative estimate of drug-likeness (QED) is 0.777. The summed E-state index contributed by atoms with van der Waals surface area (Å²) >= 11 is 0. The Morgan fingerprint density at radius 2 is 1.66 bits per heavy atom. The Labute approximate surface area is 174 Å². The summed E-state index contributed by atoms with van der Waals surface area (Å²) in [6.07, 6.45) is 3.35. The molecule has 1 aliphatic heterocycles. The summed E-state index contributed by atoms with van der Waals surface area (Å²) < 4.78 is 0. The molecule has 1 aliphatic carbocycles. The number of piperazine rings is 1. The topological polar surface area (TPSA) is 49.3 Å². The van der Waals surface area contributed by atoms with E-state index in [1.807, 2.05) is 0 Å². The Balaban J connectivity index is 1.60. The van der Waals surface area contributed by atoms with Crippen LogP contribution in [0.2, 0.25) is 0 Å². The number of amides is 1. The standard InChI is InChI=1S/C24H32N4O/c1-16(2)21-18(4)25-22(19-10-8-17(3)9-11-19)26-23(21)27-12-14-28(15-13-27)24(29)20-6-5-7-20/h8-11,16,20H,5-7,12-15H2,1-4H3. The number of anilines is 1. The minimum absolute atomic E-state index is 0.280. The first-order valence-electron chi connectivity index (χ1n) is 10.9. The molecule has 154 valence electrons. The maximum atomic E-state index is 12.6. The van der Waals surface area contributed by atoms with Crippen LogP contribution >= 0.6 is 0 Å². The number of aryl methyl sites for hydroxylation is 2. The van der Waals surface area contributed by atoms with Crippen molar-refractivity contribution in [3.05, 3.63) is 41.1 Å². The molecule has 2 fully saturated rings. The molecule has 5 nitrogen and oxygen atoms in total. The normalized spacial score (nSPS) is 17.6. The van der Waals surface area contributed by atoms with Crippen LogP contribution in [0.3, 0.4) is 0 Å². The van der Waals surface area contributed by atoms with E-state index in [1.54, 1.807) is 0 Å². The average Bonchev–Trinajstić information content (AvgIpc) is 2.66. The van der Waals surface area contributed by atoms with Crippen molar-refractivity contribution in [3.8, 4) is 11.4 Å². The molecule has 1 amide bonds. The van der Waals surface area contributed by atoms with Crippen molar-refractivity contribution in [1.29, 1.82) is 0 Å². The van der Waals surface area contributed by atoms with E-state index in [9.17, 15) is 4.79 Å². The Kier molecular flexibility index (Phi) is 5.57. The number of rotatable bonds is 4. The van der Waals surface area contributed by atoms with Gasteiger partial charge in [-0.2, -0.15) is 0 Å². The first kappa shape index (κ1) is 19.9. The summed E-state index contributed by atoms with van der Waals surface area (Å²) in [4.78, 5) is 26.9. The molecule has 1 saturated carbocycles. The number of carbonyl (C=O) groups excluding carboxylic acids is 1. The highest BCUT2D eigenvalue weighted by Gasteiger charge is 2.32. The van der Waals surface area contributed by atoms with Crippen LogP contribution in [-0.2, 0) is 4.79 Å². The van der Waals surface area contributed by atoms with E-state index in [0.29, 0.717) is 11.8 Å². The van der Waals surface area contributed by atoms with Crippen LogP contribution in [-0.4, -0.2) is 47.0 Å². The third-order valence-corrected chi connectivity index (χ3v) is 6.35. The highest BCUT2D eigenvalue weighted by molar-refractivity contribution is 5.80. The molecular weight excluding hydrogens is 360 g/mol. The molecule has 1 aromatic heterocycles. The zero-order valence-corrected chi connectivity index (χ0v) is 18.1. The zero-order valence-electron chi connectivity index (χ0n) is 18.1. The molecule has 0 N–H and O–H groups in total. The largest absolute Gasteiger partial charge is 0.353 e. The molecule has 0 spiro atoms. The van der Waals surface area contributed by atoms with E-state index in [-0.39, 0.29) is 5.92 Å². The highest BCUT2D eigenvalue weighted by Crippen LogP contribution is 2.32. The first-order valence-corrected chi connectivity index (χ1v) is 10.9. The monoisotopic (exact) mass is 392 g/mol. The second-order valence-corrected chi connectivity index (χ2v) is 8.83. The van der Waals surface area contributed by atoms with E-state index >= 15 is 0 Å². The third kappa shape index (κ3) is 4.00. The molecule has 5 heteroatoms. The van der Waals surface area contributed by atoms with Gasteiger partial charge >= 0.3 is 0 Å². The van der Waals surface area contributed by atoms with Gasteiger partial charge in [0.1, 0.15) is 5.82 Å². The Bertz CT molecular complexity index is 878. The van der Waals surface area contributed by atoms with Crippen molar-refractivity contribution in [2.75, 3.05) is 31.1 Å². The molecule has 2 aliphatic rings. The van der Waals surface area contributed by atoms with Gasteiger partial charge in [-0.05, 0) is 32.6 Å². The summed E-state index contributed by atoms with van der Waals surface area (Å²) in [5.41, 5.74) is 4.55. The zero-order chi connectivity index (χ0) is 20.5. The number of hydrogen-bond donors (Lipinski definition) is 0. The molecule has 2 aromatic rings. The summed E-state index contributed by atoms with van der Waals surface area (Å²) in [6.45, 7) is 11.8. The van der Waals surface area contributed by atoms with E-state index in [0.717, 1.165) is 61.9 Å². The third-order valence-electron chi connectivity index (χ3n) is 6.35. The van der Waals surface area contributed by atoms with E-state index in [4.69, 9.17) is 9.97 Å². The number of nitrogens with zero attached hydrogens (tertiary/aromatic N) is 4. The van der Waals surface area contributed by atoms with Gasteiger partial charge in [0, 0.05) is 48.9 Å². The maximum Gasteiger partial charge on any atom is 0.225 e. The lowest BCUT2D eigenvalue weighted by molar-refractivity contribution is -0.138. The van der Waals surface area contributed by atoms with Crippen LogP contribution in [0.5, 0.6) is 0 Å². The van der Waals surface area contributed by atoms with E-state index in [2.05, 4.69) is 61.8 Å². The van der Waals surface area contributed by atoms with Crippen molar-refractivity contribution >= 4 is 11.7 Å². The van der Waals surface area contributed by atoms with Crippen LogP contribution in [0.15, 0.2) is 24.3 Å². The van der Waals surface area contributed by atoms with E-state index in [1.165, 1.54) is 17.5 Å². The second kappa shape index (κ2) is 8.13. The van der Waals surface area contributed by atoms with Gasteiger partial charge < -0.3 is 9.80 Å². The number of hydrogen-bond acceptors (Lipinski definition) is 4. The number of benzene rings is 1. The first-order chi connectivity index (χ1) is 13.9. The van der Waals surface area contributed by atoms with Gasteiger partial charge in [0.25, 0.3) is 0 Å². The molecule has 29 heavy (non-hydrogen) atoms. The predicted molar refractivity (Wildman–Crippen MR) is 117 cm³/mol. The fourth-order valence-electron chi connectivity index (χ4n) is 4.37. The molecule has 1 saturated heterocycles. The van der Waals surface area contributed by atoms with Crippen LogP contribution in [0.1, 0.15) is 55.8 Å². The molecule has 1 aromatic carbocycles. The number of carbonyl (C=O) groups is 1. The van der Waals surface area contributed by atoms with Gasteiger partial charge in [-0.25, -0.2) is 9.97 Å². The summed E-state index contributed by atoms with van der Waals surface area (Å²) in [5, 5.41) is 0. The van der Waals surface area contributed by atoms with Gasteiger partial charge in [0.2, 0.25) is 5.91 Å². The lowest BCUT2D eigenvalue weighted by Gasteiger charge is -2.39. The van der Waals surface area contributed by atoms with Crippen molar-refractivity contribution in [2.45, 2.75) is 52.9 Å². The van der Waals surface area contributed by atoms with Crippen molar-refractivity contribution in [2.24, 2.45) is 5.92 Å². The minimum Gasteiger partial charge on any atom is -0.353 e. The molecule has 0 atom stereocenters. The Morgan fingerprint density at radius 3 is 2.21 bits per heavy atom. The van der Waals surface area contributed by atoms with Gasteiger partial charge in [0.05, 0.1) is 0 Å². The van der Waals surface area contributed by atoms with Gasteiger partial charge in [0.15, 0.2) is 5.82 Å². The Hall–Kier alpha value is -2.43. The fourth-order valence-corrected chi connectivity index (χ4v) is 4.37. The molecular formula is C24H32N4O. The van der Waals surface area contributed by atoms with Crippen LogP contribution in [0.25, 0.3) is 11.4 Å². The van der Waals surface area contributed by atoms with Crippen LogP contribution in [0, 0.1) is 19.8 Å². The minimum atomic E-state index is 0.280. The van der Waals surface area contributed by atoms with Crippen molar-refractivity contribution < 1.29 is 4.79 Å². The summed E-state index contributed by atoms with van der Waals surface area (Å²) in [7, 11) is 0. The predicted octanol–water partition coefficient (Wildman–Crippen LogP) is 4.33. The van der Waals surface area contributed by atoms with Crippen molar-refractivity contribution in [1.82, 2.24) is 14.9 Å². The summed E-state index contributed by atoms with van der Waals surface area (Å²) in [6, 6.07) is 8.40. The highest BCUT2D eigenvalue weighted by atomic mass is 16.2. The van der Waals surface area contributed by atoms with Crippen molar-refractivity contribution in [3.63, 3.8) is 0 Å². The van der Waals surface area contributed by atoms with Crippen LogP contribution < -0.4 is 4.90 Å². The van der Waals surface area contributed by atoms with Gasteiger partial charge in [-0.3, -0.25) is 4.79 Å². The number of aromatic nitrogens is 2. The molecule has 0 radical (unpaired) electrons. The molecule has 0 unspecified atom stereocenters. The lowest BCUT2D eigenvalue weighted by Crippen LogP contribution is -2.51.